The number of benzene rings is 1. The average molecular weight is 500 g/mol. The summed E-state index contributed by atoms with van der Waals surface area (Å²) in [5.41, 5.74) is 1.04. The molecule has 0 amide bonds. The van der Waals surface area contributed by atoms with E-state index in [4.69, 9.17) is 9.47 Å². The first kappa shape index (κ1) is 22.5. The van der Waals surface area contributed by atoms with Crippen molar-refractivity contribution >= 4 is 45.9 Å². The first-order chi connectivity index (χ1) is 10.7. The molecule has 0 radical (unpaired) electrons. The van der Waals surface area contributed by atoms with E-state index in [1.54, 1.807) is 7.11 Å². The van der Waals surface area contributed by atoms with Crippen LogP contribution < -0.4 is 15.4 Å². The number of rotatable bonds is 9. The Kier molecular flexibility index (Phi) is 13.5. The van der Waals surface area contributed by atoms with Crippen LogP contribution in [0.15, 0.2) is 27.7 Å². The van der Waals surface area contributed by atoms with Gasteiger partial charge in [-0.1, -0.05) is 15.9 Å². The molecule has 132 valence electrons. The quantitative estimate of drug-likeness (QED) is 0.236. The molecule has 0 fully saturated rings. The van der Waals surface area contributed by atoms with Crippen molar-refractivity contribution in [3.05, 3.63) is 28.2 Å². The van der Waals surface area contributed by atoms with Crippen molar-refractivity contribution in [1.29, 1.82) is 0 Å². The van der Waals surface area contributed by atoms with Gasteiger partial charge in [0.15, 0.2) is 5.96 Å². The maximum Gasteiger partial charge on any atom is 0.191 e. The van der Waals surface area contributed by atoms with Crippen LogP contribution in [0, 0.1) is 0 Å². The zero-order chi connectivity index (χ0) is 16.2. The molecule has 1 rings (SSSR count). The summed E-state index contributed by atoms with van der Waals surface area (Å²) in [6.45, 7) is 7.80. The molecule has 5 nitrogen and oxygen atoms in total. The van der Waals surface area contributed by atoms with Gasteiger partial charge in [-0.25, -0.2) is 4.99 Å². The van der Waals surface area contributed by atoms with E-state index in [1.807, 2.05) is 25.1 Å². The van der Waals surface area contributed by atoms with Gasteiger partial charge in [-0.05, 0) is 38.5 Å². The molecule has 0 saturated heterocycles. The molecule has 7 heteroatoms. The zero-order valence-electron chi connectivity index (χ0n) is 14.0. The normalized spacial score (nSPS) is 10.9. The highest BCUT2D eigenvalue weighted by atomic mass is 127. The fraction of sp³-hybridized carbons (Fsp3) is 0.562. The Balaban J connectivity index is 0.00000484. The lowest BCUT2D eigenvalue weighted by atomic mass is 10.2. The van der Waals surface area contributed by atoms with Crippen molar-refractivity contribution in [2.24, 2.45) is 4.99 Å². The van der Waals surface area contributed by atoms with Gasteiger partial charge in [-0.15, -0.1) is 24.0 Å². The summed E-state index contributed by atoms with van der Waals surface area (Å²) in [5, 5.41) is 6.55. The SMILES string of the molecule is CCNC(=NCc1cc(Br)ccc1OC)NCCCOCC.I. The van der Waals surface area contributed by atoms with E-state index in [-0.39, 0.29) is 24.0 Å². The molecule has 0 saturated carbocycles. The number of ether oxygens (including phenoxy) is 2. The van der Waals surface area contributed by atoms with Crippen LogP contribution in [-0.2, 0) is 11.3 Å². The van der Waals surface area contributed by atoms with E-state index in [9.17, 15) is 0 Å². The van der Waals surface area contributed by atoms with Gasteiger partial charge in [-0.2, -0.15) is 0 Å². The highest BCUT2D eigenvalue weighted by Crippen LogP contribution is 2.23. The second-order valence-electron chi connectivity index (χ2n) is 4.63. The van der Waals surface area contributed by atoms with Crippen LogP contribution in [0.3, 0.4) is 0 Å². The van der Waals surface area contributed by atoms with Crippen molar-refractivity contribution in [2.45, 2.75) is 26.8 Å². The van der Waals surface area contributed by atoms with Gasteiger partial charge in [0.25, 0.3) is 0 Å². The Hall–Kier alpha value is -0.540. The van der Waals surface area contributed by atoms with E-state index < -0.39 is 0 Å². The Morgan fingerprint density at radius 2 is 2.04 bits per heavy atom. The van der Waals surface area contributed by atoms with Gasteiger partial charge in [0.1, 0.15) is 5.75 Å². The lowest BCUT2D eigenvalue weighted by molar-refractivity contribution is 0.145. The standard InChI is InChI=1S/C16H26BrN3O2.HI/c1-4-18-16(19-9-6-10-22-5-2)20-12-13-11-14(17)7-8-15(13)21-3;/h7-8,11H,4-6,9-10,12H2,1-3H3,(H2,18,19,20);1H. The number of aliphatic imine (C=N–C) groups is 1. The Morgan fingerprint density at radius 1 is 1.26 bits per heavy atom. The van der Waals surface area contributed by atoms with Crippen molar-refractivity contribution < 1.29 is 9.47 Å². The fourth-order valence-corrected chi connectivity index (χ4v) is 2.31. The van der Waals surface area contributed by atoms with Gasteiger partial charge in [0.2, 0.25) is 0 Å². The maximum absolute atomic E-state index is 5.37. The predicted octanol–water partition coefficient (Wildman–Crippen LogP) is 3.56. The summed E-state index contributed by atoms with van der Waals surface area (Å²) < 4.78 is 11.7. The molecule has 0 aromatic heterocycles. The number of hydrogen-bond donors (Lipinski definition) is 2. The molecule has 23 heavy (non-hydrogen) atoms. The molecule has 0 heterocycles. The Bertz CT molecular complexity index is 473. The lowest BCUT2D eigenvalue weighted by Gasteiger charge is -2.12. The van der Waals surface area contributed by atoms with Crippen LogP contribution in [0.4, 0.5) is 0 Å². The van der Waals surface area contributed by atoms with Crippen molar-refractivity contribution in [3.63, 3.8) is 0 Å². The third-order valence-corrected chi connectivity index (χ3v) is 3.45. The van der Waals surface area contributed by atoms with Crippen molar-refractivity contribution in [1.82, 2.24) is 10.6 Å². The summed E-state index contributed by atoms with van der Waals surface area (Å²) in [4.78, 5) is 4.60. The van der Waals surface area contributed by atoms with Crippen molar-refractivity contribution in [2.75, 3.05) is 33.4 Å². The lowest BCUT2D eigenvalue weighted by Crippen LogP contribution is -2.38. The number of nitrogens with one attached hydrogen (secondary N) is 2. The number of methoxy groups -OCH3 is 1. The first-order valence-corrected chi connectivity index (χ1v) is 8.42. The predicted molar refractivity (Wildman–Crippen MR) is 110 cm³/mol. The smallest absolute Gasteiger partial charge is 0.191 e. The zero-order valence-corrected chi connectivity index (χ0v) is 17.9. The molecule has 0 aliphatic heterocycles. The van der Waals surface area contributed by atoms with E-state index in [1.165, 1.54) is 0 Å². The summed E-state index contributed by atoms with van der Waals surface area (Å²) in [5.74, 6) is 1.65. The molecule has 0 aliphatic rings. The molecule has 0 bridgehead atoms. The summed E-state index contributed by atoms with van der Waals surface area (Å²) in [6.07, 6.45) is 0.957. The number of halogens is 2. The molecular formula is C16H27BrIN3O2. The number of hydrogen-bond acceptors (Lipinski definition) is 3. The van der Waals surface area contributed by atoms with Crippen LogP contribution in [0.2, 0.25) is 0 Å². The summed E-state index contributed by atoms with van der Waals surface area (Å²) in [6, 6.07) is 5.93. The topological polar surface area (TPSA) is 54.9 Å². The van der Waals surface area contributed by atoms with Crippen LogP contribution in [0.1, 0.15) is 25.8 Å². The maximum atomic E-state index is 5.37. The number of guanidine groups is 1. The van der Waals surface area contributed by atoms with E-state index in [2.05, 4.69) is 38.5 Å². The van der Waals surface area contributed by atoms with E-state index in [0.29, 0.717) is 6.54 Å². The van der Waals surface area contributed by atoms with Gasteiger partial charge < -0.3 is 20.1 Å². The molecule has 2 N–H and O–H groups in total. The van der Waals surface area contributed by atoms with Crippen LogP contribution >= 0.6 is 39.9 Å². The highest BCUT2D eigenvalue weighted by Gasteiger charge is 2.04. The second-order valence-corrected chi connectivity index (χ2v) is 5.54. The van der Waals surface area contributed by atoms with Gasteiger partial charge in [0, 0.05) is 36.3 Å². The minimum Gasteiger partial charge on any atom is -0.496 e. The fourth-order valence-electron chi connectivity index (χ4n) is 1.90. The minimum absolute atomic E-state index is 0. The molecule has 0 spiro atoms. The average Bonchev–Trinajstić information content (AvgIpc) is 2.52. The minimum atomic E-state index is 0. The van der Waals surface area contributed by atoms with Crippen LogP contribution in [0.25, 0.3) is 0 Å². The molecule has 1 aromatic carbocycles. The third-order valence-electron chi connectivity index (χ3n) is 2.96. The first-order valence-electron chi connectivity index (χ1n) is 7.63. The van der Waals surface area contributed by atoms with Gasteiger partial charge >= 0.3 is 0 Å². The van der Waals surface area contributed by atoms with Gasteiger partial charge in [-0.3, -0.25) is 0 Å². The monoisotopic (exact) mass is 499 g/mol. The Labute approximate surface area is 164 Å². The van der Waals surface area contributed by atoms with Gasteiger partial charge in [0.05, 0.1) is 13.7 Å². The van der Waals surface area contributed by atoms with Crippen LogP contribution in [-0.4, -0.2) is 39.4 Å². The Morgan fingerprint density at radius 3 is 2.70 bits per heavy atom. The molecule has 0 aliphatic carbocycles. The van der Waals surface area contributed by atoms with Crippen molar-refractivity contribution in [3.8, 4) is 5.75 Å². The summed E-state index contributed by atoms with van der Waals surface area (Å²) >= 11 is 3.48. The third kappa shape index (κ3) is 9.36. The summed E-state index contributed by atoms with van der Waals surface area (Å²) in [7, 11) is 1.67. The highest BCUT2D eigenvalue weighted by molar-refractivity contribution is 14.0. The van der Waals surface area contributed by atoms with Crippen LogP contribution in [0.5, 0.6) is 5.75 Å². The molecule has 0 atom stereocenters. The second kappa shape index (κ2) is 13.9. The molecular weight excluding hydrogens is 473 g/mol. The van der Waals surface area contributed by atoms with E-state index in [0.717, 1.165) is 54.5 Å². The largest absolute Gasteiger partial charge is 0.496 e. The molecule has 1 aromatic rings. The molecule has 0 unspecified atom stereocenters. The van der Waals surface area contributed by atoms with E-state index >= 15 is 0 Å². The number of nitrogens with zero attached hydrogens (tertiary/aromatic N) is 1.